The lowest BCUT2D eigenvalue weighted by Crippen LogP contribution is -2.07. The zero-order valence-electron chi connectivity index (χ0n) is 11.1. The summed E-state index contributed by atoms with van der Waals surface area (Å²) in [6, 6.07) is 0. The molecule has 8 heteroatoms. The number of halogens is 2. The zero-order valence-corrected chi connectivity index (χ0v) is 11.1. The van der Waals surface area contributed by atoms with E-state index in [1.165, 1.54) is 12.4 Å². The molecule has 0 bridgehead atoms. The Morgan fingerprint density at radius 1 is 1.45 bits per heavy atom. The SMILES string of the molecule is CC(=N)c1cnc(C)nc1Nc1cnn(CC(F)F)c1. The first-order chi connectivity index (χ1) is 9.45. The second kappa shape index (κ2) is 5.72. The Balaban J connectivity index is 2.23. The van der Waals surface area contributed by atoms with E-state index < -0.39 is 13.0 Å². The van der Waals surface area contributed by atoms with Crippen LogP contribution in [0.2, 0.25) is 0 Å². The van der Waals surface area contributed by atoms with Crippen LogP contribution >= 0.6 is 0 Å². The molecule has 0 amide bonds. The average Bonchev–Trinajstić information content (AvgIpc) is 2.75. The van der Waals surface area contributed by atoms with E-state index in [4.69, 9.17) is 5.41 Å². The van der Waals surface area contributed by atoms with Gasteiger partial charge in [-0.3, -0.25) is 4.68 Å². The standard InChI is InChI=1S/C12H14F2N6/c1-7(15)10-4-16-8(2)18-12(10)19-9-3-17-20(5-9)6-11(13)14/h3-5,11,15H,6H2,1-2H3,(H,16,18,19). The molecule has 0 aromatic carbocycles. The summed E-state index contributed by atoms with van der Waals surface area (Å²) in [7, 11) is 0. The van der Waals surface area contributed by atoms with E-state index >= 15 is 0 Å². The van der Waals surface area contributed by atoms with Crippen LogP contribution in [0, 0.1) is 12.3 Å². The number of hydrogen-bond acceptors (Lipinski definition) is 5. The molecule has 0 fully saturated rings. The van der Waals surface area contributed by atoms with Gasteiger partial charge < -0.3 is 10.7 Å². The van der Waals surface area contributed by atoms with Gasteiger partial charge in [-0.05, 0) is 13.8 Å². The summed E-state index contributed by atoms with van der Waals surface area (Å²) in [6.45, 7) is 2.90. The van der Waals surface area contributed by atoms with E-state index in [9.17, 15) is 8.78 Å². The molecule has 2 heterocycles. The fourth-order valence-electron chi connectivity index (χ4n) is 1.65. The third-order valence-electron chi connectivity index (χ3n) is 2.53. The van der Waals surface area contributed by atoms with Crippen LogP contribution in [0.1, 0.15) is 18.3 Å². The fourth-order valence-corrected chi connectivity index (χ4v) is 1.65. The Bertz CT molecular complexity index is 622. The maximum absolute atomic E-state index is 12.2. The molecule has 0 saturated heterocycles. The number of hydrogen-bond donors (Lipinski definition) is 2. The summed E-state index contributed by atoms with van der Waals surface area (Å²) in [5, 5.41) is 14.5. The minimum Gasteiger partial charge on any atom is -0.337 e. The molecule has 20 heavy (non-hydrogen) atoms. The Labute approximate surface area is 114 Å². The highest BCUT2D eigenvalue weighted by molar-refractivity contribution is 6.00. The molecular formula is C12H14F2N6. The van der Waals surface area contributed by atoms with Gasteiger partial charge in [0.25, 0.3) is 6.43 Å². The largest absolute Gasteiger partial charge is 0.337 e. The van der Waals surface area contributed by atoms with Crippen LogP contribution < -0.4 is 5.32 Å². The average molecular weight is 280 g/mol. The molecule has 0 unspecified atom stereocenters. The minimum atomic E-state index is -2.46. The lowest BCUT2D eigenvalue weighted by molar-refractivity contribution is 0.122. The van der Waals surface area contributed by atoms with Crippen LogP contribution in [0.3, 0.4) is 0 Å². The summed E-state index contributed by atoms with van der Waals surface area (Å²) in [5.74, 6) is 1.01. The quantitative estimate of drug-likeness (QED) is 0.824. The van der Waals surface area contributed by atoms with Crippen molar-refractivity contribution in [2.75, 3.05) is 5.32 Å². The van der Waals surface area contributed by atoms with Gasteiger partial charge >= 0.3 is 0 Å². The smallest absolute Gasteiger partial charge is 0.257 e. The van der Waals surface area contributed by atoms with Crippen molar-refractivity contribution >= 4 is 17.2 Å². The molecule has 2 rings (SSSR count). The van der Waals surface area contributed by atoms with Gasteiger partial charge in [0.15, 0.2) is 0 Å². The van der Waals surface area contributed by atoms with Gasteiger partial charge in [-0.1, -0.05) is 0 Å². The van der Waals surface area contributed by atoms with Crippen molar-refractivity contribution < 1.29 is 8.78 Å². The Kier molecular flexibility index (Phi) is 4.02. The van der Waals surface area contributed by atoms with Gasteiger partial charge in [0.2, 0.25) is 0 Å². The molecule has 0 atom stereocenters. The first kappa shape index (κ1) is 14.0. The number of aryl methyl sites for hydroxylation is 1. The second-order valence-electron chi connectivity index (χ2n) is 4.27. The molecule has 0 spiro atoms. The van der Waals surface area contributed by atoms with Gasteiger partial charge in [0, 0.05) is 18.1 Å². The molecule has 0 radical (unpaired) electrons. The highest BCUT2D eigenvalue weighted by Crippen LogP contribution is 2.18. The maximum atomic E-state index is 12.2. The molecule has 106 valence electrons. The van der Waals surface area contributed by atoms with E-state index in [1.807, 2.05) is 0 Å². The summed E-state index contributed by atoms with van der Waals surface area (Å²) in [5.41, 5.74) is 1.40. The zero-order chi connectivity index (χ0) is 14.7. The number of alkyl halides is 2. The van der Waals surface area contributed by atoms with E-state index in [0.29, 0.717) is 28.6 Å². The van der Waals surface area contributed by atoms with Gasteiger partial charge in [0.1, 0.15) is 18.2 Å². The lowest BCUT2D eigenvalue weighted by Gasteiger charge is -2.08. The molecule has 2 aromatic heterocycles. The van der Waals surface area contributed by atoms with Gasteiger partial charge in [-0.25, -0.2) is 18.7 Å². The van der Waals surface area contributed by atoms with E-state index in [2.05, 4.69) is 20.4 Å². The second-order valence-corrected chi connectivity index (χ2v) is 4.27. The number of aromatic nitrogens is 4. The predicted molar refractivity (Wildman–Crippen MR) is 70.8 cm³/mol. The van der Waals surface area contributed by atoms with Crippen LogP contribution in [0.25, 0.3) is 0 Å². The lowest BCUT2D eigenvalue weighted by atomic mass is 10.2. The van der Waals surface area contributed by atoms with Crippen molar-refractivity contribution in [3.63, 3.8) is 0 Å². The van der Waals surface area contributed by atoms with E-state index in [-0.39, 0.29) is 0 Å². The van der Waals surface area contributed by atoms with Crippen LogP contribution in [-0.4, -0.2) is 31.9 Å². The fraction of sp³-hybridized carbons (Fsp3) is 0.333. The third-order valence-corrected chi connectivity index (χ3v) is 2.53. The summed E-state index contributed by atoms with van der Waals surface area (Å²) >= 11 is 0. The number of anilines is 2. The number of nitrogens with zero attached hydrogens (tertiary/aromatic N) is 4. The van der Waals surface area contributed by atoms with E-state index in [1.54, 1.807) is 20.0 Å². The molecule has 0 aliphatic heterocycles. The van der Waals surface area contributed by atoms with Crippen LogP contribution in [0.5, 0.6) is 0 Å². The van der Waals surface area contributed by atoms with Crippen LogP contribution in [0.15, 0.2) is 18.6 Å². The first-order valence-corrected chi connectivity index (χ1v) is 5.92. The van der Waals surface area contributed by atoms with Crippen LogP contribution in [-0.2, 0) is 6.54 Å². The highest BCUT2D eigenvalue weighted by atomic mass is 19.3. The Hall–Kier alpha value is -2.38. The van der Waals surface area contributed by atoms with Crippen LogP contribution in [0.4, 0.5) is 20.3 Å². The number of nitrogens with one attached hydrogen (secondary N) is 2. The third kappa shape index (κ3) is 3.34. The predicted octanol–water partition coefficient (Wildman–Crippen LogP) is 2.38. The van der Waals surface area contributed by atoms with Crippen molar-refractivity contribution in [2.45, 2.75) is 26.8 Å². The Morgan fingerprint density at radius 3 is 2.85 bits per heavy atom. The van der Waals surface area contributed by atoms with Crippen molar-refractivity contribution in [2.24, 2.45) is 0 Å². The molecule has 0 aliphatic carbocycles. The monoisotopic (exact) mass is 280 g/mol. The Morgan fingerprint density at radius 2 is 2.20 bits per heavy atom. The van der Waals surface area contributed by atoms with Crippen molar-refractivity contribution in [1.29, 1.82) is 5.41 Å². The first-order valence-electron chi connectivity index (χ1n) is 5.92. The minimum absolute atomic E-state index is 0.312. The molecule has 2 aromatic rings. The number of rotatable bonds is 5. The highest BCUT2D eigenvalue weighted by Gasteiger charge is 2.10. The molecular weight excluding hydrogens is 266 g/mol. The maximum Gasteiger partial charge on any atom is 0.257 e. The summed E-state index contributed by atoms with van der Waals surface area (Å²) in [6.07, 6.45) is 2.00. The van der Waals surface area contributed by atoms with Gasteiger partial charge in [-0.15, -0.1) is 0 Å². The van der Waals surface area contributed by atoms with E-state index in [0.717, 1.165) is 4.68 Å². The van der Waals surface area contributed by atoms with Gasteiger partial charge in [-0.2, -0.15) is 5.10 Å². The molecule has 0 saturated carbocycles. The molecule has 0 aliphatic rings. The summed E-state index contributed by atoms with van der Waals surface area (Å²) in [4.78, 5) is 8.25. The summed E-state index contributed by atoms with van der Waals surface area (Å²) < 4.78 is 25.6. The molecule has 2 N–H and O–H groups in total. The normalized spacial score (nSPS) is 10.8. The van der Waals surface area contributed by atoms with Gasteiger partial charge in [0.05, 0.1) is 17.4 Å². The molecule has 6 nitrogen and oxygen atoms in total. The topological polar surface area (TPSA) is 79.5 Å². The van der Waals surface area contributed by atoms with Crippen molar-refractivity contribution in [1.82, 2.24) is 19.7 Å². The van der Waals surface area contributed by atoms with Crippen molar-refractivity contribution in [3.8, 4) is 0 Å². The van der Waals surface area contributed by atoms with Crippen molar-refractivity contribution in [3.05, 3.63) is 30.0 Å².